The predicted octanol–water partition coefficient (Wildman–Crippen LogP) is 4.72. The van der Waals surface area contributed by atoms with Crippen molar-refractivity contribution in [2.45, 2.75) is 32.8 Å². The van der Waals surface area contributed by atoms with Gasteiger partial charge in [-0.3, -0.25) is 0 Å². The Hall–Kier alpha value is -2.33. The molecule has 4 nitrogen and oxygen atoms in total. The Morgan fingerprint density at radius 1 is 1.00 bits per heavy atom. The molecule has 0 radical (unpaired) electrons. The molecule has 0 spiro atoms. The van der Waals surface area contributed by atoms with Crippen LogP contribution < -0.4 is 4.74 Å². The third kappa shape index (κ3) is 5.91. The Bertz CT molecular complexity index is 647. The number of benzene rings is 2. The summed E-state index contributed by atoms with van der Waals surface area (Å²) in [5.74, 6) is 0.542. The average Bonchev–Trinajstić information content (AvgIpc) is 2.63. The van der Waals surface area contributed by atoms with Crippen LogP contribution >= 0.6 is 0 Å². The van der Waals surface area contributed by atoms with Gasteiger partial charge in [-0.05, 0) is 48.7 Å². The minimum atomic E-state index is -0.337. The van der Waals surface area contributed by atoms with Crippen LogP contribution in [0.5, 0.6) is 5.75 Å². The third-order valence-corrected chi connectivity index (χ3v) is 3.78. The maximum Gasteiger partial charge on any atom is 0.338 e. The van der Waals surface area contributed by atoms with Gasteiger partial charge < -0.3 is 14.2 Å². The molecule has 1 unspecified atom stereocenters. The molecular formula is C21H26O4. The number of ether oxygens (including phenoxy) is 3. The zero-order valence-electron chi connectivity index (χ0n) is 15.2. The first-order chi connectivity index (χ1) is 12.1. The second-order valence-electron chi connectivity index (χ2n) is 5.98. The highest BCUT2D eigenvalue weighted by molar-refractivity contribution is 5.90. The summed E-state index contributed by atoms with van der Waals surface area (Å²) < 4.78 is 15.9. The molecule has 0 aliphatic rings. The summed E-state index contributed by atoms with van der Waals surface area (Å²) in [4.78, 5) is 12.1. The van der Waals surface area contributed by atoms with E-state index in [1.54, 1.807) is 26.2 Å². The minimum absolute atomic E-state index is 0.266. The number of hydrogen-bond donors (Lipinski definition) is 0. The first-order valence-corrected chi connectivity index (χ1v) is 8.67. The fourth-order valence-electron chi connectivity index (χ4n) is 2.40. The van der Waals surface area contributed by atoms with Gasteiger partial charge in [0.1, 0.15) is 11.9 Å². The second kappa shape index (κ2) is 9.84. The molecule has 0 N–H and O–H groups in total. The van der Waals surface area contributed by atoms with Gasteiger partial charge in [-0.15, -0.1) is 0 Å². The molecular weight excluding hydrogens is 316 g/mol. The highest BCUT2D eigenvalue weighted by atomic mass is 16.6. The van der Waals surface area contributed by atoms with Crippen molar-refractivity contribution >= 4 is 5.97 Å². The molecule has 0 amide bonds. The average molecular weight is 342 g/mol. The van der Waals surface area contributed by atoms with E-state index in [9.17, 15) is 4.79 Å². The third-order valence-electron chi connectivity index (χ3n) is 3.78. The molecule has 134 valence electrons. The van der Waals surface area contributed by atoms with Gasteiger partial charge >= 0.3 is 5.97 Å². The molecule has 2 aromatic rings. The molecule has 2 aromatic carbocycles. The highest BCUT2D eigenvalue weighted by Crippen LogP contribution is 2.23. The summed E-state index contributed by atoms with van der Waals surface area (Å²) in [6, 6.07) is 15.4. The first kappa shape index (κ1) is 19.0. The number of rotatable bonds is 9. The minimum Gasteiger partial charge on any atom is -0.494 e. The van der Waals surface area contributed by atoms with E-state index >= 15 is 0 Å². The van der Waals surface area contributed by atoms with E-state index in [1.807, 2.05) is 36.4 Å². The van der Waals surface area contributed by atoms with E-state index in [-0.39, 0.29) is 12.1 Å². The van der Waals surface area contributed by atoms with Gasteiger partial charge in [-0.2, -0.15) is 0 Å². The number of hydrogen-bond acceptors (Lipinski definition) is 4. The molecule has 0 aliphatic heterocycles. The van der Waals surface area contributed by atoms with Gasteiger partial charge in [0.2, 0.25) is 0 Å². The lowest BCUT2D eigenvalue weighted by molar-refractivity contribution is 0.0120. The monoisotopic (exact) mass is 342 g/mol. The van der Waals surface area contributed by atoms with Gasteiger partial charge in [0, 0.05) is 7.11 Å². The van der Waals surface area contributed by atoms with Crippen molar-refractivity contribution in [2.24, 2.45) is 0 Å². The van der Waals surface area contributed by atoms with E-state index in [4.69, 9.17) is 14.2 Å². The zero-order valence-corrected chi connectivity index (χ0v) is 15.2. The predicted molar refractivity (Wildman–Crippen MR) is 99.0 cm³/mol. The van der Waals surface area contributed by atoms with Crippen molar-refractivity contribution in [3.63, 3.8) is 0 Å². The van der Waals surface area contributed by atoms with Crippen molar-refractivity contribution in [3.8, 4) is 16.9 Å². The number of carbonyl (C=O) groups excluding carboxylic acids is 1. The quantitative estimate of drug-likeness (QED) is 0.488. The summed E-state index contributed by atoms with van der Waals surface area (Å²) in [6.45, 7) is 5.08. The molecule has 0 saturated heterocycles. The maximum absolute atomic E-state index is 12.1. The van der Waals surface area contributed by atoms with E-state index in [0.717, 1.165) is 36.3 Å². The van der Waals surface area contributed by atoms with Crippen LogP contribution in [0.15, 0.2) is 48.5 Å². The number of carbonyl (C=O) groups is 1. The van der Waals surface area contributed by atoms with Crippen LogP contribution in [0, 0.1) is 0 Å². The van der Waals surface area contributed by atoms with Gasteiger partial charge in [0.15, 0.2) is 0 Å². The lowest BCUT2D eigenvalue weighted by Gasteiger charge is -2.12. The van der Waals surface area contributed by atoms with Crippen molar-refractivity contribution in [3.05, 3.63) is 54.1 Å². The molecule has 0 bridgehead atoms. The summed E-state index contributed by atoms with van der Waals surface area (Å²) in [6.07, 6.45) is 1.91. The Kier molecular flexibility index (Phi) is 7.48. The van der Waals surface area contributed by atoms with Crippen LogP contribution in [-0.4, -0.2) is 32.4 Å². The summed E-state index contributed by atoms with van der Waals surface area (Å²) in [7, 11) is 1.58. The Morgan fingerprint density at radius 2 is 1.60 bits per heavy atom. The summed E-state index contributed by atoms with van der Waals surface area (Å²) in [5, 5.41) is 0. The van der Waals surface area contributed by atoms with E-state index in [1.165, 1.54) is 0 Å². The van der Waals surface area contributed by atoms with Gasteiger partial charge in [0.25, 0.3) is 0 Å². The van der Waals surface area contributed by atoms with Gasteiger partial charge in [0.05, 0.1) is 18.8 Å². The van der Waals surface area contributed by atoms with Crippen molar-refractivity contribution in [1.29, 1.82) is 0 Å². The molecule has 0 fully saturated rings. The van der Waals surface area contributed by atoms with Crippen LogP contribution in [0.1, 0.15) is 37.0 Å². The molecule has 0 aliphatic carbocycles. The smallest absolute Gasteiger partial charge is 0.338 e. The molecule has 25 heavy (non-hydrogen) atoms. The van der Waals surface area contributed by atoms with Crippen LogP contribution in [0.4, 0.5) is 0 Å². The fraction of sp³-hybridized carbons (Fsp3) is 0.381. The number of methoxy groups -OCH3 is 1. The van der Waals surface area contributed by atoms with E-state index < -0.39 is 0 Å². The van der Waals surface area contributed by atoms with Crippen molar-refractivity contribution < 1.29 is 19.0 Å². The van der Waals surface area contributed by atoms with Crippen LogP contribution in [0.3, 0.4) is 0 Å². The fourth-order valence-corrected chi connectivity index (χ4v) is 2.40. The molecule has 0 saturated carbocycles. The second-order valence-corrected chi connectivity index (χ2v) is 5.98. The Labute approximate surface area is 149 Å². The van der Waals surface area contributed by atoms with Crippen molar-refractivity contribution in [1.82, 2.24) is 0 Å². The largest absolute Gasteiger partial charge is 0.494 e. The summed E-state index contributed by atoms with van der Waals surface area (Å²) >= 11 is 0. The Morgan fingerprint density at radius 3 is 2.16 bits per heavy atom. The molecule has 1 atom stereocenters. The molecule has 2 rings (SSSR count). The number of esters is 1. The lowest BCUT2D eigenvalue weighted by Crippen LogP contribution is -2.19. The molecule has 0 aromatic heterocycles. The maximum atomic E-state index is 12.1. The standard InChI is InChI=1S/C21H26O4/c1-4-5-14-24-20-12-10-18(11-13-20)17-6-8-19(9-7-17)21(22)25-16(2)15-23-3/h6-13,16H,4-5,14-15H2,1-3H3. The van der Waals surface area contributed by atoms with Gasteiger partial charge in [-0.1, -0.05) is 37.6 Å². The first-order valence-electron chi connectivity index (χ1n) is 8.67. The normalized spacial score (nSPS) is 11.8. The van der Waals surface area contributed by atoms with E-state index in [0.29, 0.717) is 12.2 Å². The molecule has 0 heterocycles. The van der Waals surface area contributed by atoms with Crippen LogP contribution in [0.2, 0.25) is 0 Å². The SMILES string of the molecule is CCCCOc1ccc(-c2ccc(C(=O)OC(C)COC)cc2)cc1. The zero-order chi connectivity index (χ0) is 18.1. The summed E-state index contributed by atoms with van der Waals surface area (Å²) in [5.41, 5.74) is 2.66. The van der Waals surface area contributed by atoms with Gasteiger partial charge in [-0.25, -0.2) is 4.79 Å². The number of unbranched alkanes of at least 4 members (excludes halogenated alkanes) is 1. The van der Waals surface area contributed by atoms with E-state index in [2.05, 4.69) is 6.92 Å². The van der Waals surface area contributed by atoms with Crippen molar-refractivity contribution in [2.75, 3.05) is 20.3 Å². The van der Waals surface area contributed by atoms with Crippen LogP contribution in [0.25, 0.3) is 11.1 Å². The highest BCUT2D eigenvalue weighted by Gasteiger charge is 2.12. The topological polar surface area (TPSA) is 44.8 Å². The van der Waals surface area contributed by atoms with Crippen LogP contribution in [-0.2, 0) is 9.47 Å². The lowest BCUT2D eigenvalue weighted by atomic mass is 10.0. The molecule has 4 heteroatoms. The Balaban J connectivity index is 1.98.